The number of aromatic nitrogens is 1. The molecule has 104 valence electrons. The molecule has 2 nitrogen and oxygen atoms in total. The van der Waals surface area contributed by atoms with Crippen molar-refractivity contribution in [1.29, 1.82) is 0 Å². The number of rotatable bonds is 5. The molecule has 3 heteroatoms. The number of nitrogens with one attached hydrogen (secondary N) is 1. The normalized spacial score (nSPS) is 21.8. The summed E-state index contributed by atoms with van der Waals surface area (Å²) in [6.07, 6.45) is 12.1. The maximum absolute atomic E-state index is 4.60. The fourth-order valence-electron chi connectivity index (χ4n) is 2.97. The molecule has 0 bridgehead atoms. The molecular weight excluding hydrogens is 252 g/mol. The molecule has 0 aromatic carbocycles. The number of thiazole rings is 1. The van der Waals surface area contributed by atoms with E-state index < -0.39 is 0 Å². The van der Waals surface area contributed by atoms with Gasteiger partial charge in [0.1, 0.15) is 0 Å². The minimum Gasteiger partial charge on any atom is -0.310 e. The van der Waals surface area contributed by atoms with E-state index in [0.29, 0.717) is 0 Å². The fraction of sp³-hybridized carbons (Fsp3) is 0.688. The van der Waals surface area contributed by atoms with Crippen LogP contribution in [-0.2, 0) is 0 Å². The Kier molecular flexibility index (Phi) is 4.34. The van der Waals surface area contributed by atoms with Gasteiger partial charge in [-0.15, -0.1) is 11.3 Å². The van der Waals surface area contributed by atoms with Crippen LogP contribution < -0.4 is 5.32 Å². The highest BCUT2D eigenvalue weighted by atomic mass is 32.1. The summed E-state index contributed by atoms with van der Waals surface area (Å²) in [6, 6.07) is 0.796. The molecule has 1 heterocycles. The molecule has 2 aliphatic carbocycles. The van der Waals surface area contributed by atoms with Crippen molar-refractivity contribution in [1.82, 2.24) is 10.3 Å². The Morgan fingerprint density at radius 1 is 1.32 bits per heavy atom. The quantitative estimate of drug-likeness (QED) is 0.873. The van der Waals surface area contributed by atoms with Gasteiger partial charge < -0.3 is 5.32 Å². The number of aryl methyl sites for hydroxylation is 1. The summed E-state index contributed by atoms with van der Waals surface area (Å²) in [4.78, 5) is 4.60. The van der Waals surface area contributed by atoms with E-state index in [4.69, 9.17) is 0 Å². The molecule has 0 aliphatic heterocycles. The standard InChI is InChI=1S/C16H24N2S/c1-12-18-16(11-19-12)9-14(10-17-15-7-8-15)13-5-3-2-4-6-13/h9,11,13,15,17H,2-8,10H2,1H3. The largest absolute Gasteiger partial charge is 0.310 e. The molecule has 0 unspecified atom stereocenters. The second-order valence-corrected chi connectivity index (χ2v) is 7.06. The Morgan fingerprint density at radius 2 is 2.11 bits per heavy atom. The van der Waals surface area contributed by atoms with Crippen molar-refractivity contribution in [2.75, 3.05) is 6.54 Å². The zero-order valence-electron chi connectivity index (χ0n) is 11.8. The number of hydrogen-bond acceptors (Lipinski definition) is 3. The van der Waals surface area contributed by atoms with Crippen molar-refractivity contribution in [3.05, 3.63) is 21.7 Å². The van der Waals surface area contributed by atoms with Crippen LogP contribution in [0.3, 0.4) is 0 Å². The maximum Gasteiger partial charge on any atom is 0.0901 e. The number of nitrogens with zero attached hydrogens (tertiary/aromatic N) is 1. The first kappa shape index (κ1) is 13.3. The van der Waals surface area contributed by atoms with Crippen molar-refractivity contribution in [3.8, 4) is 0 Å². The van der Waals surface area contributed by atoms with Gasteiger partial charge in [0.25, 0.3) is 0 Å². The molecule has 2 fully saturated rings. The van der Waals surface area contributed by atoms with Crippen molar-refractivity contribution in [3.63, 3.8) is 0 Å². The SMILES string of the molecule is Cc1nc(C=C(CNC2CC2)C2CCCCC2)cs1. The van der Waals surface area contributed by atoms with Crippen LogP contribution in [0, 0.1) is 12.8 Å². The van der Waals surface area contributed by atoms with E-state index in [1.54, 1.807) is 16.9 Å². The Labute approximate surface area is 120 Å². The fourth-order valence-corrected chi connectivity index (χ4v) is 3.54. The van der Waals surface area contributed by atoms with E-state index in [1.165, 1.54) is 55.6 Å². The molecule has 1 aromatic heterocycles. The van der Waals surface area contributed by atoms with Crippen LogP contribution in [0.15, 0.2) is 11.0 Å². The van der Waals surface area contributed by atoms with Gasteiger partial charge in [-0.05, 0) is 44.6 Å². The third-order valence-corrected chi connectivity index (χ3v) is 5.06. The molecule has 3 rings (SSSR count). The molecule has 19 heavy (non-hydrogen) atoms. The Hall–Kier alpha value is -0.670. The van der Waals surface area contributed by atoms with Crippen LogP contribution in [0.1, 0.15) is 55.6 Å². The lowest BCUT2D eigenvalue weighted by atomic mass is 9.83. The van der Waals surface area contributed by atoms with Gasteiger partial charge in [-0.25, -0.2) is 4.98 Å². The topological polar surface area (TPSA) is 24.9 Å². The summed E-state index contributed by atoms with van der Waals surface area (Å²) in [7, 11) is 0. The highest BCUT2D eigenvalue weighted by Gasteiger charge is 2.23. The first-order valence-corrected chi connectivity index (χ1v) is 8.55. The summed E-state index contributed by atoms with van der Waals surface area (Å²) in [5, 5.41) is 7.05. The minimum atomic E-state index is 0.794. The van der Waals surface area contributed by atoms with Crippen LogP contribution in [0.2, 0.25) is 0 Å². The lowest BCUT2D eigenvalue weighted by Gasteiger charge is -2.25. The first-order chi connectivity index (χ1) is 9.31. The molecule has 0 spiro atoms. The van der Waals surface area contributed by atoms with E-state index >= 15 is 0 Å². The molecule has 2 saturated carbocycles. The highest BCUT2D eigenvalue weighted by Crippen LogP contribution is 2.31. The Bertz CT molecular complexity index is 439. The molecule has 0 saturated heterocycles. The molecular formula is C16H24N2S. The average Bonchev–Trinajstić information content (AvgIpc) is 3.18. The van der Waals surface area contributed by atoms with Gasteiger partial charge in [-0.1, -0.05) is 24.8 Å². The summed E-state index contributed by atoms with van der Waals surface area (Å²) >= 11 is 1.75. The molecule has 1 N–H and O–H groups in total. The van der Waals surface area contributed by atoms with Crippen molar-refractivity contribution in [2.45, 2.75) is 57.9 Å². The second kappa shape index (κ2) is 6.19. The smallest absolute Gasteiger partial charge is 0.0901 e. The summed E-state index contributed by atoms with van der Waals surface area (Å²) in [5.74, 6) is 0.794. The zero-order valence-corrected chi connectivity index (χ0v) is 12.6. The van der Waals surface area contributed by atoms with Gasteiger partial charge in [0.05, 0.1) is 10.7 Å². The van der Waals surface area contributed by atoms with Crippen LogP contribution in [-0.4, -0.2) is 17.6 Å². The van der Waals surface area contributed by atoms with Crippen LogP contribution >= 0.6 is 11.3 Å². The molecule has 0 atom stereocenters. The van der Waals surface area contributed by atoms with Gasteiger partial charge in [0, 0.05) is 18.0 Å². The Balaban J connectivity index is 1.71. The van der Waals surface area contributed by atoms with Crippen LogP contribution in [0.25, 0.3) is 6.08 Å². The lowest BCUT2D eigenvalue weighted by Crippen LogP contribution is -2.24. The third kappa shape index (κ3) is 3.90. The predicted octanol–water partition coefficient (Wildman–Crippen LogP) is 4.17. The number of hydrogen-bond donors (Lipinski definition) is 1. The molecule has 1 aromatic rings. The first-order valence-electron chi connectivity index (χ1n) is 7.67. The second-order valence-electron chi connectivity index (χ2n) is 6.00. The van der Waals surface area contributed by atoms with Gasteiger partial charge in [-0.2, -0.15) is 0 Å². The molecule has 2 aliphatic rings. The average molecular weight is 276 g/mol. The summed E-state index contributed by atoms with van der Waals surface area (Å²) < 4.78 is 0. The summed E-state index contributed by atoms with van der Waals surface area (Å²) in [6.45, 7) is 3.16. The van der Waals surface area contributed by atoms with E-state index in [-0.39, 0.29) is 0 Å². The van der Waals surface area contributed by atoms with Gasteiger partial charge in [-0.3, -0.25) is 0 Å². The van der Waals surface area contributed by atoms with E-state index in [2.05, 4.69) is 28.7 Å². The monoisotopic (exact) mass is 276 g/mol. The summed E-state index contributed by atoms with van der Waals surface area (Å²) in [5.41, 5.74) is 2.76. The minimum absolute atomic E-state index is 0.794. The van der Waals surface area contributed by atoms with Crippen LogP contribution in [0.5, 0.6) is 0 Å². The predicted molar refractivity (Wildman–Crippen MR) is 82.4 cm³/mol. The van der Waals surface area contributed by atoms with Crippen LogP contribution in [0.4, 0.5) is 0 Å². The van der Waals surface area contributed by atoms with Crippen molar-refractivity contribution < 1.29 is 0 Å². The van der Waals surface area contributed by atoms with E-state index in [0.717, 1.165) is 18.5 Å². The zero-order chi connectivity index (χ0) is 13.1. The lowest BCUT2D eigenvalue weighted by molar-refractivity contribution is 0.396. The maximum atomic E-state index is 4.60. The highest BCUT2D eigenvalue weighted by molar-refractivity contribution is 7.09. The molecule has 0 radical (unpaired) electrons. The molecule has 0 amide bonds. The van der Waals surface area contributed by atoms with Gasteiger partial charge >= 0.3 is 0 Å². The third-order valence-electron chi connectivity index (χ3n) is 4.27. The van der Waals surface area contributed by atoms with Crippen molar-refractivity contribution in [2.24, 2.45) is 5.92 Å². The van der Waals surface area contributed by atoms with E-state index in [9.17, 15) is 0 Å². The Morgan fingerprint density at radius 3 is 2.74 bits per heavy atom. The van der Waals surface area contributed by atoms with Gasteiger partial charge in [0.15, 0.2) is 0 Å². The van der Waals surface area contributed by atoms with E-state index in [1.807, 2.05) is 0 Å². The van der Waals surface area contributed by atoms with Gasteiger partial charge in [0.2, 0.25) is 0 Å². The van der Waals surface area contributed by atoms with Crippen molar-refractivity contribution >= 4 is 17.4 Å².